The molecular formula is C25H26N4O3. The summed E-state index contributed by atoms with van der Waals surface area (Å²) < 4.78 is 5.25. The lowest BCUT2D eigenvalue weighted by Crippen LogP contribution is -2.48. The molecule has 2 heterocycles. The molecular weight excluding hydrogens is 404 g/mol. The van der Waals surface area contributed by atoms with Crippen LogP contribution in [0.5, 0.6) is 0 Å². The number of anilines is 2. The number of nitrogens with zero attached hydrogens (tertiary/aromatic N) is 2. The first-order valence-corrected chi connectivity index (χ1v) is 10.6. The number of benzene rings is 1. The smallest absolute Gasteiger partial charge is 0.328 e. The number of ether oxygens (including phenoxy) is 1. The quantitative estimate of drug-likeness (QED) is 0.523. The number of fused-ring (bicyclic) bond motifs is 1. The fraction of sp³-hybridized carbons (Fsp3) is 0.280. The number of allylic oxidation sites excluding steroid dienone is 2. The Kier molecular flexibility index (Phi) is 5.90. The number of rotatable bonds is 8. The van der Waals surface area contributed by atoms with Crippen molar-refractivity contribution in [2.24, 2.45) is 5.41 Å². The molecule has 0 bridgehead atoms. The van der Waals surface area contributed by atoms with Crippen molar-refractivity contribution < 1.29 is 14.3 Å². The van der Waals surface area contributed by atoms with Gasteiger partial charge in [0.15, 0.2) is 5.78 Å². The van der Waals surface area contributed by atoms with Gasteiger partial charge in [0, 0.05) is 53.2 Å². The highest BCUT2D eigenvalue weighted by Crippen LogP contribution is 2.35. The number of esters is 1. The molecule has 3 aromatic rings. The van der Waals surface area contributed by atoms with Crippen LogP contribution in [0, 0.1) is 5.41 Å². The molecule has 32 heavy (non-hydrogen) atoms. The first-order chi connectivity index (χ1) is 15.4. The van der Waals surface area contributed by atoms with Gasteiger partial charge in [0.1, 0.15) is 11.9 Å². The highest BCUT2D eigenvalue weighted by Gasteiger charge is 2.41. The lowest BCUT2D eigenvalue weighted by Gasteiger charge is -2.36. The number of carbonyl (C=O) groups excluding carboxylic acids is 2. The summed E-state index contributed by atoms with van der Waals surface area (Å²) in [7, 11) is 0. The molecule has 0 unspecified atom stereocenters. The van der Waals surface area contributed by atoms with Gasteiger partial charge in [-0.1, -0.05) is 12.1 Å². The minimum absolute atomic E-state index is 0.0517. The monoisotopic (exact) mass is 430 g/mol. The minimum Gasteiger partial charge on any atom is -0.464 e. The van der Waals surface area contributed by atoms with Crippen molar-refractivity contribution in [1.29, 1.82) is 0 Å². The molecule has 7 heteroatoms. The summed E-state index contributed by atoms with van der Waals surface area (Å²) in [5, 5.41) is 8.56. The van der Waals surface area contributed by atoms with Gasteiger partial charge in [-0.15, -0.1) is 0 Å². The molecule has 164 valence electrons. The summed E-state index contributed by atoms with van der Waals surface area (Å²) in [4.78, 5) is 32.9. The highest BCUT2D eigenvalue weighted by atomic mass is 16.5. The summed E-state index contributed by atoms with van der Waals surface area (Å²) >= 11 is 0. The molecule has 0 fully saturated rings. The van der Waals surface area contributed by atoms with E-state index in [0.717, 1.165) is 33.5 Å². The highest BCUT2D eigenvalue weighted by molar-refractivity contribution is 6.04. The van der Waals surface area contributed by atoms with E-state index >= 15 is 0 Å². The number of carbonyl (C=O) groups is 2. The van der Waals surface area contributed by atoms with Gasteiger partial charge < -0.3 is 15.4 Å². The Morgan fingerprint density at radius 3 is 2.59 bits per heavy atom. The Hall–Kier alpha value is -3.74. The molecule has 1 aliphatic carbocycles. The van der Waals surface area contributed by atoms with Crippen molar-refractivity contribution in [2.45, 2.75) is 33.2 Å². The van der Waals surface area contributed by atoms with E-state index in [0.29, 0.717) is 13.0 Å². The van der Waals surface area contributed by atoms with Crippen molar-refractivity contribution in [3.8, 4) is 0 Å². The van der Waals surface area contributed by atoms with E-state index in [4.69, 9.17) is 4.74 Å². The molecule has 7 nitrogen and oxygen atoms in total. The van der Waals surface area contributed by atoms with Crippen LogP contribution in [0.2, 0.25) is 0 Å². The molecule has 1 atom stereocenters. The van der Waals surface area contributed by atoms with E-state index in [-0.39, 0.29) is 11.8 Å². The zero-order valence-corrected chi connectivity index (χ0v) is 18.4. The summed E-state index contributed by atoms with van der Waals surface area (Å²) in [5.41, 5.74) is 2.02. The Bertz CT molecular complexity index is 1180. The van der Waals surface area contributed by atoms with Crippen LogP contribution >= 0.6 is 0 Å². The number of ketones is 1. The van der Waals surface area contributed by atoms with Crippen LogP contribution in [0.15, 0.2) is 66.8 Å². The van der Waals surface area contributed by atoms with E-state index in [1.165, 1.54) is 0 Å². The molecule has 0 amide bonds. The SMILES string of the molecule is CCOC(=O)[C@H](Cc1ccc(Nc2nccc3cnccc23)cc1)NC1=CC(=O)C1(C)C. The lowest BCUT2D eigenvalue weighted by atomic mass is 9.74. The summed E-state index contributed by atoms with van der Waals surface area (Å²) in [6, 6.07) is 11.1. The average molecular weight is 431 g/mol. The fourth-order valence-corrected chi connectivity index (χ4v) is 3.61. The Labute approximate surface area is 186 Å². The van der Waals surface area contributed by atoms with E-state index < -0.39 is 11.5 Å². The normalized spacial score (nSPS) is 15.5. The number of aromatic nitrogens is 2. The number of nitrogens with one attached hydrogen (secondary N) is 2. The minimum atomic E-state index is -0.598. The van der Waals surface area contributed by atoms with Crippen molar-refractivity contribution in [3.05, 3.63) is 72.3 Å². The molecule has 0 spiro atoms. The molecule has 1 aliphatic rings. The summed E-state index contributed by atoms with van der Waals surface area (Å²) in [5.74, 6) is 0.475. The lowest BCUT2D eigenvalue weighted by molar-refractivity contribution is -0.145. The van der Waals surface area contributed by atoms with Crippen molar-refractivity contribution in [1.82, 2.24) is 15.3 Å². The Morgan fingerprint density at radius 2 is 1.91 bits per heavy atom. The van der Waals surface area contributed by atoms with Gasteiger partial charge in [-0.05, 0) is 50.6 Å². The molecule has 2 aromatic heterocycles. The van der Waals surface area contributed by atoms with Gasteiger partial charge in [-0.2, -0.15) is 0 Å². The average Bonchev–Trinajstić information content (AvgIpc) is 2.80. The van der Waals surface area contributed by atoms with Crippen LogP contribution in [0.3, 0.4) is 0 Å². The van der Waals surface area contributed by atoms with E-state index in [1.54, 1.807) is 31.6 Å². The predicted molar refractivity (Wildman–Crippen MR) is 123 cm³/mol. The van der Waals surface area contributed by atoms with Gasteiger partial charge in [-0.25, -0.2) is 9.78 Å². The maximum atomic E-state index is 12.5. The largest absolute Gasteiger partial charge is 0.464 e. The zero-order chi connectivity index (χ0) is 22.7. The number of hydrogen-bond acceptors (Lipinski definition) is 7. The van der Waals surface area contributed by atoms with Crippen LogP contribution in [-0.2, 0) is 20.7 Å². The molecule has 0 saturated heterocycles. The fourth-order valence-electron chi connectivity index (χ4n) is 3.61. The molecule has 0 aliphatic heterocycles. The number of pyridine rings is 2. The Balaban J connectivity index is 1.48. The van der Waals surface area contributed by atoms with Crippen LogP contribution in [-0.4, -0.2) is 34.4 Å². The summed E-state index contributed by atoms with van der Waals surface area (Å²) in [6.07, 6.45) is 7.29. The first-order valence-electron chi connectivity index (χ1n) is 10.6. The molecule has 1 aromatic carbocycles. The standard InChI is InChI=1S/C25H26N4O3/c1-4-32-24(31)20(29-21-14-22(30)25(21,2)3)13-16-5-7-18(8-6-16)28-23-19-10-11-26-15-17(19)9-12-27-23/h5-12,14-15,20,29H,4,13H2,1-3H3,(H,27,28)/t20-/m0/s1. The third kappa shape index (κ3) is 4.32. The first kappa shape index (κ1) is 21.5. The van der Waals surface area contributed by atoms with Crippen molar-refractivity contribution in [3.63, 3.8) is 0 Å². The van der Waals surface area contributed by atoms with E-state index in [2.05, 4.69) is 20.6 Å². The maximum absolute atomic E-state index is 12.5. The van der Waals surface area contributed by atoms with Crippen LogP contribution in [0.1, 0.15) is 26.3 Å². The van der Waals surface area contributed by atoms with E-state index in [1.807, 2.05) is 50.2 Å². The third-order valence-electron chi connectivity index (χ3n) is 5.69. The van der Waals surface area contributed by atoms with Gasteiger partial charge in [-0.3, -0.25) is 9.78 Å². The van der Waals surface area contributed by atoms with Gasteiger partial charge in [0.2, 0.25) is 0 Å². The van der Waals surface area contributed by atoms with Crippen LogP contribution in [0.4, 0.5) is 11.5 Å². The van der Waals surface area contributed by atoms with Crippen molar-refractivity contribution in [2.75, 3.05) is 11.9 Å². The molecule has 2 N–H and O–H groups in total. The molecule has 0 radical (unpaired) electrons. The summed E-state index contributed by atoms with van der Waals surface area (Å²) in [6.45, 7) is 5.77. The van der Waals surface area contributed by atoms with Crippen LogP contribution < -0.4 is 10.6 Å². The third-order valence-corrected chi connectivity index (χ3v) is 5.69. The second-order valence-electron chi connectivity index (χ2n) is 8.28. The maximum Gasteiger partial charge on any atom is 0.328 e. The van der Waals surface area contributed by atoms with Crippen LogP contribution in [0.25, 0.3) is 10.8 Å². The Morgan fingerprint density at radius 1 is 1.12 bits per heavy atom. The second-order valence-corrected chi connectivity index (χ2v) is 8.28. The van der Waals surface area contributed by atoms with Gasteiger partial charge >= 0.3 is 5.97 Å². The van der Waals surface area contributed by atoms with Gasteiger partial charge in [0.25, 0.3) is 0 Å². The van der Waals surface area contributed by atoms with Gasteiger partial charge in [0.05, 0.1) is 12.0 Å². The molecule has 4 rings (SSSR count). The number of hydrogen-bond donors (Lipinski definition) is 2. The molecule has 0 saturated carbocycles. The second kappa shape index (κ2) is 8.78. The van der Waals surface area contributed by atoms with Crippen molar-refractivity contribution >= 4 is 34.0 Å². The van der Waals surface area contributed by atoms with E-state index in [9.17, 15) is 9.59 Å². The topological polar surface area (TPSA) is 93.2 Å². The predicted octanol–water partition coefficient (Wildman–Crippen LogP) is 3.93. The zero-order valence-electron chi connectivity index (χ0n) is 18.4.